The van der Waals surface area contributed by atoms with Gasteiger partial charge >= 0.3 is 0 Å². The standard InChI is InChI=1S/C9H8N2O2.ClH/c10-4-5-2-1-3-6-7(5)9(13)11-8(6)12;/h1-3H,4,10H2,(H,11,12,13);1H. The molecule has 0 bridgehead atoms. The molecule has 0 aromatic heterocycles. The van der Waals surface area contributed by atoms with E-state index in [-0.39, 0.29) is 30.8 Å². The molecule has 0 saturated heterocycles. The smallest absolute Gasteiger partial charge is 0.259 e. The Hall–Kier alpha value is -1.39. The van der Waals surface area contributed by atoms with Crippen LogP contribution in [0.1, 0.15) is 26.3 Å². The third-order valence-corrected chi connectivity index (χ3v) is 2.07. The summed E-state index contributed by atoms with van der Waals surface area (Å²) in [4.78, 5) is 22.4. The van der Waals surface area contributed by atoms with E-state index in [0.29, 0.717) is 16.7 Å². The second-order valence-electron chi connectivity index (χ2n) is 2.83. The van der Waals surface area contributed by atoms with Gasteiger partial charge in [0.1, 0.15) is 0 Å². The maximum absolute atomic E-state index is 11.3. The van der Waals surface area contributed by atoms with E-state index < -0.39 is 0 Å². The number of imide groups is 1. The van der Waals surface area contributed by atoms with Gasteiger partial charge in [-0.05, 0) is 11.6 Å². The molecule has 1 aliphatic rings. The number of fused-ring (bicyclic) bond motifs is 1. The number of nitrogens with one attached hydrogen (secondary N) is 1. The third-order valence-electron chi connectivity index (χ3n) is 2.07. The number of hydrogen-bond acceptors (Lipinski definition) is 3. The molecule has 0 fully saturated rings. The van der Waals surface area contributed by atoms with Crippen molar-refractivity contribution < 1.29 is 9.59 Å². The van der Waals surface area contributed by atoms with Crippen LogP contribution in [0.15, 0.2) is 18.2 Å². The van der Waals surface area contributed by atoms with Gasteiger partial charge in [-0.2, -0.15) is 0 Å². The monoisotopic (exact) mass is 212 g/mol. The number of rotatable bonds is 1. The van der Waals surface area contributed by atoms with Gasteiger partial charge in [-0.1, -0.05) is 12.1 Å². The molecule has 2 rings (SSSR count). The van der Waals surface area contributed by atoms with E-state index in [2.05, 4.69) is 5.32 Å². The van der Waals surface area contributed by atoms with Gasteiger partial charge in [0, 0.05) is 6.54 Å². The summed E-state index contributed by atoms with van der Waals surface area (Å²) in [6.45, 7) is 0.268. The van der Waals surface area contributed by atoms with Crippen LogP contribution in [0.3, 0.4) is 0 Å². The molecule has 0 radical (unpaired) electrons. The highest BCUT2D eigenvalue weighted by molar-refractivity contribution is 6.22. The molecular weight excluding hydrogens is 204 g/mol. The van der Waals surface area contributed by atoms with Crippen LogP contribution in [-0.2, 0) is 6.54 Å². The van der Waals surface area contributed by atoms with Crippen molar-refractivity contribution in [3.63, 3.8) is 0 Å². The lowest BCUT2D eigenvalue weighted by molar-refractivity contribution is 0.0879. The summed E-state index contributed by atoms with van der Waals surface area (Å²) < 4.78 is 0. The molecule has 1 aromatic carbocycles. The second-order valence-corrected chi connectivity index (χ2v) is 2.83. The summed E-state index contributed by atoms with van der Waals surface area (Å²) in [6.07, 6.45) is 0. The van der Waals surface area contributed by atoms with Crippen molar-refractivity contribution in [1.82, 2.24) is 5.32 Å². The molecule has 0 atom stereocenters. The lowest BCUT2D eigenvalue weighted by Crippen LogP contribution is -2.20. The first kappa shape index (κ1) is 10.7. The summed E-state index contributed by atoms with van der Waals surface area (Å²) >= 11 is 0. The van der Waals surface area contributed by atoms with E-state index in [9.17, 15) is 9.59 Å². The SMILES string of the molecule is Cl.NCc1cccc2c1C(=O)NC2=O. The fourth-order valence-electron chi connectivity index (χ4n) is 1.46. The highest BCUT2D eigenvalue weighted by Gasteiger charge is 2.28. The Morgan fingerprint density at radius 3 is 2.57 bits per heavy atom. The molecule has 0 aliphatic carbocycles. The van der Waals surface area contributed by atoms with E-state index >= 15 is 0 Å². The molecule has 1 aromatic rings. The van der Waals surface area contributed by atoms with Crippen LogP contribution in [0.5, 0.6) is 0 Å². The van der Waals surface area contributed by atoms with E-state index in [1.54, 1.807) is 18.2 Å². The van der Waals surface area contributed by atoms with Gasteiger partial charge in [0.2, 0.25) is 0 Å². The van der Waals surface area contributed by atoms with Gasteiger partial charge < -0.3 is 5.73 Å². The molecule has 1 aliphatic heterocycles. The van der Waals surface area contributed by atoms with Crippen molar-refractivity contribution >= 4 is 24.2 Å². The lowest BCUT2D eigenvalue weighted by atomic mass is 10.0. The van der Waals surface area contributed by atoms with E-state index in [1.807, 2.05) is 0 Å². The van der Waals surface area contributed by atoms with Gasteiger partial charge in [0.25, 0.3) is 11.8 Å². The Kier molecular flexibility index (Phi) is 2.88. The Bertz CT molecular complexity index is 404. The molecule has 5 heteroatoms. The largest absolute Gasteiger partial charge is 0.326 e. The van der Waals surface area contributed by atoms with Gasteiger partial charge in [-0.15, -0.1) is 12.4 Å². The Morgan fingerprint density at radius 2 is 1.93 bits per heavy atom. The summed E-state index contributed by atoms with van der Waals surface area (Å²) in [5.41, 5.74) is 7.00. The zero-order chi connectivity index (χ0) is 9.42. The van der Waals surface area contributed by atoms with Crippen LogP contribution in [0.4, 0.5) is 0 Å². The van der Waals surface area contributed by atoms with E-state index in [4.69, 9.17) is 5.73 Å². The molecule has 0 unspecified atom stereocenters. The summed E-state index contributed by atoms with van der Waals surface area (Å²) in [6, 6.07) is 5.09. The first-order valence-electron chi connectivity index (χ1n) is 3.91. The minimum absolute atomic E-state index is 0. The van der Waals surface area contributed by atoms with Crippen molar-refractivity contribution in [2.45, 2.75) is 6.54 Å². The fraction of sp³-hybridized carbons (Fsp3) is 0.111. The maximum atomic E-state index is 11.3. The van der Waals surface area contributed by atoms with Crippen molar-refractivity contribution in [3.05, 3.63) is 34.9 Å². The summed E-state index contributed by atoms with van der Waals surface area (Å²) in [5, 5.41) is 2.22. The Labute approximate surface area is 86.9 Å². The van der Waals surface area contributed by atoms with Crippen molar-refractivity contribution in [3.8, 4) is 0 Å². The highest BCUT2D eigenvalue weighted by atomic mass is 35.5. The maximum Gasteiger partial charge on any atom is 0.259 e. The Balaban J connectivity index is 0.000000980. The molecule has 1 heterocycles. The minimum Gasteiger partial charge on any atom is -0.326 e. The van der Waals surface area contributed by atoms with Gasteiger partial charge in [-0.3, -0.25) is 14.9 Å². The number of benzene rings is 1. The third kappa shape index (κ3) is 1.38. The topological polar surface area (TPSA) is 72.2 Å². The zero-order valence-electron chi connectivity index (χ0n) is 7.24. The lowest BCUT2D eigenvalue weighted by Gasteiger charge is -2.00. The zero-order valence-corrected chi connectivity index (χ0v) is 8.06. The minimum atomic E-state index is -0.346. The average molecular weight is 213 g/mol. The number of carbonyl (C=O) groups excluding carboxylic acids is 2. The van der Waals surface area contributed by atoms with Crippen molar-refractivity contribution in [1.29, 1.82) is 0 Å². The number of halogens is 1. The molecule has 2 amide bonds. The van der Waals surface area contributed by atoms with Crippen LogP contribution in [0.25, 0.3) is 0 Å². The van der Waals surface area contributed by atoms with Crippen LogP contribution >= 0.6 is 12.4 Å². The van der Waals surface area contributed by atoms with Crippen molar-refractivity contribution in [2.75, 3.05) is 0 Å². The molecule has 0 spiro atoms. The number of hydrogen-bond donors (Lipinski definition) is 2. The van der Waals surface area contributed by atoms with Gasteiger partial charge in [0.05, 0.1) is 11.1 Å². The molecular formula is C9H9ClN2O2. The molecule has 4 nitrogen and oxygen atoms in total. The van der Waals surface area contributed by atoms with Crippen LogP contribution < -0.4 is 11.1 Å². The number of carbonyl (C=O) groups is 2. The average Bonchev–Trinajstić information content (AvgIpc) is 2.43. The summed E-state index contributed by atoms with van der Waals surface area (Å²) in [5.74, 6) is -0.684. The van der Waals surface area contributed by atoms with E-state index in [1.165, 1.54) is 0 Å². The van der Waals surface area contributed by atoms with Crippen LogP contribution in [0, 0.1) is 0 Å². The van der Waals surface area contributed by atoms with Gasteiger partial charge in [0.15, 0.2) is 0 Å². The number of nitrogens with two attached hydrogens (primary N) is 1. The normalized spacial score (nSPS) is 13.2. The van der Waals surface area contributed by atoms with Crippen LogP contribution in [0.2, 0.25) is 0 Å². The van der Waals surface area contributed by atoms with E-state index in [0.717, 1.165) is 0 Å². The highest BCUT2D eigenvalue weighted by Crippen LogP contribution is 2.19. The predicted molar refractivity (Wildman–Crippen MR) is 53.4 cm³/mol. The fourth-order valence-corrected chi connectivity index (χ4v) is 1.46. The van der Waals surface area contributed by atoms with Crippen molar-refractivity contribution in [2.24, 2.45) is 5.73 Å². The van der Waals surface area contributed by atoms with Gasteiger partial charge in [-0.25, -0.2) is 0 Å². The number of amides is 2. The first-order chi connectivity index (χ1) is 6.24. The quantitative estimate of drug-likeness (QED) is 0.664. The molecule has 14 heavy (non-hydrogen) atoms. The van der Waals surface area contributed by atoms with Crippen LogP contribution in [-0.4, -0.2) is 11.8 Å². The molecule has 3 N–H and O–H groups in total. The first-order valence-corrected chi connectivity index (χ1v) is 3.91. The molecule has 0 saturated carbocycles. The Morgan fingerprint density at radius 1 is 1.21 bits per heavy atom. The molecule has 74 valence electrons. The second kappa shape index (κ2) is 3.77. The summed E-state index contributed by atoms with van der Waals surface area (Å²) in [7, 11) is 0. The predicted octanol–water partition coefficient (Wildman–Crippen LogP) is 0.451.